The highest BCUT2D eigenvalue weighted by molar-refractivity contribution is 5.28. The molecule has 0 aromatic heterocycles. The van der Waals surface area contributed by atoms with Gasteiger partial charge in [-0.25, -0.2) is 0 Å². The first kappa shape index (κ1) is 14.8. The van der Waals surface area contributed by atoms with E-state index in [1.165, 1.54) is 24.8 Å². The lowest BCUT2D eigenvalue weighted by Crippen LogP contribution is -2.35. The topological polar surface area (TPSA) is 18.5 Å². The summed E-state index contributed by atoms with van der Waals surface area (Å²) in [4.78, 5) is 0. The maximum absolute atomic E-state index is 6.15. The molecule has 108 valence electrons. The summed E-state index contributed by atoms with van der Waals surface area (Å²) in [5.74, 6) is 0.832. The minimum Gasteiger partial charge on any atom is -0.378 e. The van der Waals surface area contributed by atoms with Gasteiger partial charge in [0.2, 0.25) is 0 Å². The van der Waals surface area contributed by atoms with Gasteiger partial charge in [-0.1, -0.05) is 31.6 Å². The summed E-state index contributed by atoms with van der Waals surface area (Å²) in [6.45, 7) is 7.84. The van der Waals surface area contributed by atoms with E-state index >= 15 is 0 Å². The number of allylic oxidation sites excluding steroid dienone is 2. The number of hydrogen-bond donors (Lipinski definition) is 0. The minimum absolute atomic E-state index is 0.202. The van der Waals surface area contributed by atoms with Gasteiger partial charge in [0.05, 0.1) is 18.3 Å². The van der Waals surface area contributed by atoms with Crippen LogP contribution in [0.1, 0.15) is 52.9 Å². The third-order valence-corrected chi connectivity index (χ3v) is 3.93. The fourth-order valence-corrected chi connectivity index (χ4v) is 2.66. The van der Waals surface area contributed by atoms with Crippen molar-refractivity contribution in [3.05, 3.63) is 23.8 Å². The summed E-state index contributed by atoms with van der Waals surface area (Å²) >= 11 is 0. The molecule has 2 rings (SSSR count). The quantitative estimate of drug-likeness (QED) is 0.640. The summed E-state index contributed by atoms with van der Waals surface area (Å²) < 4.78 is 11.8. The van der Waals surface area contributed by atoms with Crippen molar-refractivity contribution in [1.82, 2.24) is 0 Å². The Balaban J connectivity index is 1.75. The molecule has 0 aliphatic heterocycles. The van der Waals surface area contributed by atoms with Crippen LogP contribution in [-0.2, 0) is 9.47 Å². The van der Waals surface area contributed by atoms with Crippen LogP contribution < -0.4 is 0 Å². The summed E-state index contributed by atoms with van der Waals surface area (Å²) in [6, 6.07) is 0. The first-order valence-electron chi connectivity index (χ1n) is 7.74. The highest BCUT2D eigenvalue weighted by Crippen LogP contribution is 2.35. The molecule has 0 saturated heterocycles. The molecule has 2 nitrogen and oxygen atoms in total. The summed E-state index contributed by atoms with van der Waals surface area (Å²) in [6.07, 6.45) is 13.3. The molecule has 0 bridgehead atoms. The van der Waals surface area contributed by atoms with Crippen molar-refractivity contribution < 1.29 is 9.47 Å². The van der Waals surface area contributed by atoms with Crippen LogP contribution in [0.5, 0.6) is 0 Å². The van der Waals surface area contributed by atoms with Crippen LogP contribution in [0, 0.1) is 5.92 Å². The van der Waals surface area contributed by atoms with Crippen molar-refractivity contribution in [1.29, 1.82) is 0 Å². The molecule has 2 heteroatoms. The zero-order chi connectivity index (χ0) is 13.7. The van der Waals surface area contributed by atoms with Crippen LogP contribution in [-0.4, -0.2) is 24.9 Å². The van der Waals surface area contributed by atoms with Crippen molar-refractivity contribution in [2.24, 2.45) is 5.92 Å². The fraction of sp³-hybridized carbons (Fsp3) is 0.765. The van der Waals surface area contributed by atoms with E-state index in [2.05, 4.69) is 39.0 Å². The Bertz CT molecular complexity index is 337. The molecule has 2 aliphatic carbocycles. The second-order valence-electron chi connectivity index (χ2n) is 6.40. The molecular weight excluding hydrogens is 236 g/mol. The third kappa shape index (κ3) is 4.47. The lowest BCUT2D eigenvalue weighted by molar-refractivity contribution is -0.0969. The third-order valence-electron chi connectivity index (χ3n) is 3.93. The Morgan fingerprint density at radius 3 is 2.63 bits per heavy atom. The standard InChI is InChI=1S/C17H28O2/c1-4-12-18-13-17(2,3)19-16-10-8-15(9-11-16)14-6-5-7-14/h8-10,14,16H,4-7,11-13H2,1-3H3/t16-/m0/s1. The zero-order valence-electron chi connectivity index (χ0n) is 12.7. The molecule has 0 amide bonds. The Morgan fingerprint density at radius 2 is 2.11 bits per heavy atom. The van der Waals surface area contributed by atoms with Gasteiger partial charge in [-0.15, -0.1) is 0 Å². The van der Waals surface area contributed by atoms with Gasteiger partial charge in [0.15, 0.2) is 0 Å². The Kier molecular flexibility index (Phi) is 5.23. The predicted molar refractivity (Wildman–Crippen MR) is 79.2 cm³/mol. The van der Waals surface area contributed by atoms with Crippen molar-refractivity contribution in [3.8, 4) is 0 Å². The van der Waals surface area contributed by atoms with E-state index < -0.39 is 0 Å². The van der Waals surface area contributed by atoms with E-state index in [1.54, 1.807) is 0 Å². The lowest BCUT2D eigenvalue weighted by atomic mass is 9.78. The molecular formula is C17H28O2. The van der Waals surface area contributed by atoms with Crippen molar-refractivity contribution >= 4 is 0 Å². The van der Waals surface area contributed by atoms with Crippen LogP contribution in [0.2, 0.25) is 0 Å². The van der Waals surface area contributed by atoms with Gasteiger partial charge < -0.3 is 9.47 Å². The second kappa shape index (κ2) is 6.71. The summed E-state index contributed by atoms with van der Waals surface area (Å²) in [5, 5.41) is 0. The Hall–Kier alpha value is -0.600. The van der Waals surface area contributed by atoms with E-state index in [0.717, 1.165) is 25.4 Å². The smallest absolute Gasteiger partial charge is 0.0867 e. The van der Waals surface area contributed by atoms with E-state index in [0.29, 0.717) is 6.61 Å². The average Bonchev–Trinajstić information content (AvgIpc) is 2.29. The molecule has 0 heterocycles. The molecule has 2 aliphatic rings. The number of hydrogen-bond acceptors (Lipinski definition) is 2. The maximum atomic E-state index is 6.15. The van der Waals surface area contributed by atoms with Gasteiger partial charge in [0.25, 0.3) is 0 Å². The maximum Gasteiger partial charge on any atom is 0.0867 e. The fourth-order valence-electron chi connectivity index (χ4n) is 2.66. The lowest BCUT2D eigenvalue weighted by Gasteiger charge is -2.32. The average molecular weight is 264 g/mol. The van der Waals surface area contributed by atoms with Crippen LogP contribution in [0.25, 0.3) is 0 Å². The monoisotopic (exact) mass is 264 g/mol. The summed E-state index contributed by atoms with van der Waals surface area (Å²) in [5.41, 5.74) is 1.33. The van der Waals surface area contributed by atoms with Crippen LogP contribution >= 0.6 is 0 Å². The molecule has 0 aromatic carbocycles. The van der Waals surface area contributed by atoms with Gasteiger partial charge in [-0.3, -0.25) is 0 Å². The molecule has 0 radical (unpaired) electrons. The molecule has 1 atom stereocenters. The summed E-state index contributed by atoms with van der Waals surface area (Å²) in [7, 11) is 0. The van der Waals surface area contributed by atoms with Gasteiger partial charge in [0.1, 0.15) is 0 Å². The van der Waals surface area contributed by atoms with E-state index in [9.17, 15) is 0 Å². The molecule has 19 heavy (non-hydrogen) atoms. The first-order valence-corrected chi connectivity index (χ1v) is 7.74. The molecule has 0 spiro atoms. The minimum atomic E-state index is -0.202. The van der Waals surface area contributed by atoms with Crippen molar-refractivity contribution in [2.75, 3.05) is 13.2 Å². The Morgan fingerprint density at radius 1 is 1.32 bits per heavy atom. The molecule has 0 aromatic rings. The van der Waals surface area contributed by atoms with Gasteiger partial charge in [0, 0.05) is 6.61 Å². The Labute approximate surface area is 117 Å². The zero-order valence-corrected chi connectivity index (χ0v) is 12.7. The van der Waals surface area contributed by atoms with Gasteiger partial charge >= 0.3 is 0 Å². The molecule has 0 N–H and O–H groups in total. The number of rotatable bonds is 7. The highest BCUT2D eigenvalue weighted by Gasteiger charge is 2.26. The van der Waals surface area contributed by atoms with Gasteiger partial charge in [-0.05, 0) is 51.0 Å². The normalized spacial score (nSPS) is 24.2. The number of ether oxygens (including phenoxy) is 2. The van der Waals surface area contributed by atoms with Crippen LogP contribution in [0.4, 0.5) is 0 Å². The SMILES string of the molecule is CCCOCC(C)(C)O[C@H]1C=CC(C2CCC2)=CC1. The van der Waals surface area contributed by atoms with Crippen LogP contribution in [0.3, 0.4) is 0 Å². The van der Waals surface area contributed by atoms with E-state index in [1.807, 2.05) is 0 Å². The predicted octanol–water partition coefficient (Wildman–Crippen LogP) is 4.26. The second-order valence-corrected chi connectivity index (χ2v) is 6.40. The molecule has 1 fully saturated rings. The van der Waals surface area contributed by atoms with E-state index in [4.69, 9.17) is 9.47 Å². The molecule has 0 unspecified atom stereocenters. The van der Waals surface area contributed by atoms with Crippen molar-refractivity contribution in [3.63, 3.8) is 0 Å². The van der Waals surface area contributed by atoms with E-state index in [-0.39, 0.29) is 11.7 Å². The highest BCUT2D eigenvalue weighted by atomic mass is 16.5. The van der Waals surface area contributed by atoms with Crippen molar-refractivity contribution in [2.45, 2.75) is 64.6 Å². The largest absolute Gasteiger partial charge is 0.378 e. The van der Waals surface area contributed by atoms with Crippen LogP contribution in [0.15, 0.2) is 23.8 Å². The first-order chi connectivity index (χ1) is 9.11. The molecule has 1 saturated carbocycles. The van der Waals surface area contributed by atoms with Gasteiger partial charge in [-0.2, -0.15) is 0 Å².